The molecule has 0 radical (unpaired) electrons. The Bertz CT molecular complexity index is 889. The average molecular weight is 362 g/mol. The highest BCUT2D eigenvalue weighted by atomic mass is 35.5. The Morgan fingerprint density at radius 1 is 1.04 bits per heavy atom. The molecule has 122 valence electrons. The van der Waals surface area contributed by atoms with Gasteiger partial charge < -0.3 is 14.5 Å². The van der Waals surface area contributed by atoms with Crippen LogP contribution < -0.4 is 10.1 Å². The number of ether oxygens (including phenoxy) is 1. The number of carbonyl (C=O) groups excluding carboxylic acids is 1. The molecule has 1 N–H and O–H groups in total. The third-order valence-corrected chi connectivity index (χ3v) is 4.13. The van der Waals surface area contributed by atoms with E-state index in [0.29, 0.717) is 27.2 Å². The molecule has 0 unspecified atom stereocenters. The van der Waals surface area contributed by atoms with Crippen LogP contribution in [0.2, 0.25) is 10.0 Å². The largest absolute Gasteiger partial charge is 0.495 e. The van der Waals surface area contributed by atoms with Gasteiger partial charge in [0.05, 0.1) is 22.8 Å². The quantitative estimate of drug-likeness (QED) is 0.665. The summed E-state index contributed by atoms with van der Waals surface area (Å²) in [6.45, 7) is 0. The molecule has 0 bridgehead atoms. The van der Waals surface area contributed by atoms with Crippen LogP contribution in [0, 0.1) is 0 Å². The fraction of sp³-hybridized carbons (Fsp3) is 0.0556. The summed E-state index contributed by atoms with van der Waals surface area (Å²) < 4.78 is 10.8. The van der Waals surface area contributed by atoms with Gasteiger partial charge in [0.1, 0.15) is 11.5 Å². The number of halogens is 2. The fourth-order valence-corrected chi connectivity index (χ4v) is 2.49. The Hall–Kier alpha value is -2.43. The topological polar surface area (TPSA) is 51.5 Å². The maximum absolute atomic E-state index is 12.3. The van der Waals surface area contributed by atoms with Gasteiger partial charge in [-0.25, -0.2) is 0 Å². The molecule has 0 aliphatic carbocycles. The molecule has 0 aliphatic rings. The summed E-state index contributed by atoms with van der Waals surface area (Å²) >= 11 is 11.9. The molecule has 0 saturated heterocycles. The number of carbonyl (C=O) groups is 1. The van der Waals surface area contributed by atoms with Gasteiger partial charge in [0.15, 0.2) is 5.76 Å². The first-order valence-electron chi connectivity index (χ1n) is 7.08. The van der Waals surface area contributed by atoms with E-state index in [-0.39, 0.29) is 11.7 Å². The van der Waals surface area contributed by atoms with Crippen molar-refractivity contribution >= 4 is 34.8 Å². The zero-order chi connectivity index (χ0) is 17.1. The van der Waals surface area contributed by atoms with Crippen LogP contribution in [0.1, 0.15) is 10.6 Å². The standard InChI is InChI=1S/C18H13Cl2NO3/c1-23-16-5-3-2-4-14(16)21-18(22)17-9-8-15(24-17)11-6-7-12(19)13(20)10-11/h2-10H,1H3,(H,21,22). The molecule has 1 heterocycles. The molecule has 4 nitrogen and oxygen atoms in total. The van der Waals surface area contributed by atoms with Crippen LogP contribution >= 0.6 is 23.2 Å². The summed E-state index contributed by atoms with van der Waals surface area (Å²) in [6.07, 6.45) is 0. The maximum atomic E-state index is 12.3. The number of furan rings is 1. The van der Waals surface area contributed by atoms with Gasteiger partial charge in [-0.2, -0.15) is 0 Å². The number of methoxy groups -OCH3 is 1. The molecule has 2 aromatic carbocycles. The Balaban J connectivity index is 1.82. The predicted octanol–water partition coefficient (Wildman–Crippen LogP) is 5.51. The molecule has 24 heavy (non-hydrogen) atoms. The third-order valence-electron chi connectivity index (χ3n) is 3.39. The second-order valence-electron chi connectivity index (χ2n) is 4.95. The molecular formula is C18H13Cl2NO3. The molecule has 1 amide bonds. The summed E-state index contributed by atoms with van der Waals surface area (Å²) in [5.74, 6) is 0.911. The van der Waals surface area contributed by atoms with Gasteiger partial charge in [0, 0.05) is 5.56 Å². The lowest BCUT2D eigenvalue weighted by Crippen LogP contribution is -2.11. The van der Waals surface area contributed by atoms with Crippen molar-refractivity contribution in [1.29, 1.82) is 0 Å². The van der Waals surface area contributed by atoms with Crippen LogP contribution in [0.3, 0.4) is 0 Å². The van der Waals surface area contributed by atoms with E-state index in [9.17, 15) is 4.79 Å². The Morgan fingerprint density at radius 3 is 2.58 bits per heavy atom. The van der Waals surface area contributed by atoms with Crippen molar-refractivity contribution in [3.05, 3.63) is 70.4 Å². The number of amides is 1. The van der Waals surface area contributed by atoms with E-state index in [0.717, 1.165) is 5.56 Å². The summed E-state index contributed by atoms with van der Waals surface area (Å²) in [5.41, 5.74) is 1.30. The molecule has 1 aromatic heterocycles. The number of benzene rings is 2. The molecule has 0 spiro atoms. The first-order valence-corrected chi connectivity index (χ1v) is 7.83. The van der Waals surface area contributed by atoms with Gasteiger partial charge in [-0.05, 0) is 42.5 Å². The number of rotatable bonds is 4. The first kappa shape index (κ1) is 16.4. The second-order valence-corrected chi connectivity index (χ2v) is 5.76. The molecule has 0 saturated carbocycles. The van der Waals surface area contributed by atoms with Gasteiger partial charge in [-0.15, -0.1) is 0 Å². The lowest BCUT2D eigenvalue weighted by molar-refractivity contribution is 0.0997. The third kappa shape index (κ3) is 3.40. The molecule has 6 heteroatoms. The first-order chi connectivity index (χ1) is 11.6. The number of hydrogen-bond acceptors (Lipinski definition) is 3. The van der Waals surface area contributed by atoms with Crippen molar-refractivity contribution in [2.45, 2.75) is 0 Å². The SMILES string of the molecule is COc1ccccc1NC(=O)c1ccc(-c2ccc(Cl)c(Cl)c2)o1. The fourth-order valence-electron chi connectivity index (χ4n) is 2.20. The van der Waals surface area contributed by atoms with Crippen LogP contribution in [-0.2, 0) is 0 Å². The Kier molecular flexibility index (Phi) is 4.79. The van der Waals surface area contributed by atoms with Gasteiger partial charge in [0.2, 0.25) is 0 Å². The maximum Gasteiger partial charge on any atom is 0.291 e. The van der Waals surface area contributed by atoms with E-state index < -0.39 is 0 Å². The van der Waals surface area contributed by atoms with Crippen LogP contribution in [-0.4, -0.2) is 13.0 Å². The highest BCUT2D eigenvalue weighted by Gasteiger charge is 2.14. The van der Waals surface area contributed by atoms with Crippen LogP contribution in [0.25, 0.3) is 11.3 Å². The van der Waals surface area contributed by atoms with Crippen LogP contribution in [0.15, 0.2) is 59.0 Å². The zero-order valence-electron chi connectivity index (χ0n) is 12.7. The zero-order valence-corrected chi connectivity index (χ0v) is 14.2. The molecule has 0 atom stereocenters. The van der Waals surface area contributed by atoms with E-state index >= 15 is 0 Å². The molecule has 0 fully saturated rings. The van der Waals surface area contributed by atoms with Crippen molar-refractivity contribution < 1.29 is 13.9 Å². The minimum atomic E-state index is -0.370. The van der Waals surface area contributed by atoms with Crippen LogP contribution in [0.5, 0.6) is 5.75 Å². The Labute approximate surface area is 149 Å². The number of para-hydroxylation sites is 2. The summed E-state index contributed by atoms with van der Waals surface area (Å²) in [6, 6.07) is 15.6. The van der Waals surface area contributed by atoms with Crippen molar-refractivity contribution in [3.63, 3.8) is 0 Å². The molecule has 3 rings (SSSR count). The second kappa shape index (κ2) is 6.99. The minimum Gasteiger partial charge on any atom is -0.495 e. The van der Waals surface area contributed by atoms with Crippen molar-refractivity contribution in [1.82, 2.24) is 0 Å². The molecular weight excluding hydrogens is 349 g/mol. The normalized spacial score (nSPS) is 10.5. The van der Waals surface area contributed by atoms with Gasteiger partial charge in [-0.3, -0.25) is 4.79 Å². The molecule has 0 aliphatic heterocycles. The minimum absolute atomic E-state index is 0.182. The summed E-state index contributed by atoms with van der Waals surface area (Å²) in [4.78, 5) is 12.3. The van der Waals surface area contributed by atoms with Crippen molar-refractivity contribution in [2.75, 3.05) is 12.4 Å². The van der Waals surface area contributed by atoms with Crippen LogP contribution in [0.4, 0.5) is 5.69 Å². The van der Waals surface area contributed by atoms with Crippen molar-refractivity contribution in [2.24, 2.45) is 0 Å². The summed E-state index contributed by atoms with van der Waals surface area (Å²) in [5, 5.41) is 3.64. The lowest BCUT2D eigenvalue weighted by Gasteiger charge is -2.08. The van der Waals surface area contributed by atoms with E-state index in [1.54, 1.807) is 55.6 Å². The monoisotopic (exact) mass is 361 g/mol. The smallest absolute Gasteiger partial charge is 0.291 e. The average Bonchev–Trinajstić information content (AvgIpc) is 3.08. The number of anilines is 1. The van der Waals surface area contributed by atoms with Gasteiger partial charge >= 0.3 is 0 Å². The van der Waals surface area contributed by atoms with Gasteiger partial charge in [0.25, 0.3) is 5.91 Å². The number of nitrogens with one attached hydrogen (secondary N) is 1. The van der Waals surface area contributed by atoms with E-state index in [1.807, 2.05) is 6.07 Å². The Morgan fingerprint density at radius 2 is 1.83 bits per heavy atom. The van der Waals surface area contributed by atoms with E-state index in [4.69, 9.17) is 32.4 Å². The van der Waals surface area contributed by atoms with Gasteiger partial charge in [-0.1, -0.05) is 35.3 Å². The lowest BCUT2D eigenvalue weighted by atomic mass is 10.2. The number of hydrogen-bond donors (Lipinski definition) is 1. The highest BCUT2D eigenvalue weighted by molar-refractivity contribution is 6.42. The molecule has 3 aromatic rings. The van der Waals surface area contributed by atoms with E-state index in [2.05, 4.69) is 5.32 Å². The van der Waals surface area contributed by atoms with Crippen molar-refractivity contribution in [3.8, 4) is 17.1 Å². The summed E-state index contributed by atoms with van der Waals surface area (Å²) in [7, 11) is 1.54. The highest BCUT2D eigenvalue weighted by Crippen LogP contribution is 2.30. The predicted molar refractivity (Wildman–Crippen MR) is 95.1 cm³/mol. The van der Waals surface area contributed by atoms with E-state index in [1.165, 1.54) is 0 Å².